The molecule has 88 valence electrons. The molecule has 1 atom stereocenters. The van der Waals surface area contributed by atoms with E-state index >= 15 is 0 Å². The van der Waals surface area contributed by atoms with E-state index < -0.39 is 0 Å². The molecule has 0 aliphatic heterocycles. The zero-order chi connectivity index (χ0) is 11.7. The lowest BCUT2D eigenvalue weighted by Gasteiger charge is -2.16. The fourth-order valence-corrected chi connectivity index (χ4v) is 2.14. The predicted octanol–water partition coefficient (Wildman–Crippen LogP) is 3.53. The third-order valence-corrected chi connectivity index (χ3v) is 4.53. The van der Waals surface area contributed by atoms with E-state index in [4.69, 9.17) is 16.3 Å². The fourth-order valence-electron chi connectivity index (χ4n) is 1.67. The lowest BCUT2D eigenvalue weighted by atomic mass is 10.2. The molecule has 1 aliphatic carbocycles. The Morgan fingerprint density at radius 3 is 2.69 bits per heavy atom. The van der Waals surface area contributed by atoms with Gasteiger partial charge in [0, 0.05) is 6.61 Å². The lowest BCUT2D eigenvalue weighted by molar-refractivity contribution is 0.0399. The Morgan fingerprint density at radius 1 is 1.50 bits per heavy atom. The molecule has 0 amide bonds. The van der Waals surface area contributed by atoms with Crippen molar-refractivity contribution in [1.29, 1.82) is 0 Å². The van der Waals surface area contributed by atoms with Crippen LogP contribution < -0.4 is 0 Å². The van der Waals surface area contributed by atoms with E-state index in [0.717, 1.165) is 15.1 Å². The second-order valence-electron chi connectivity index (χ2n) is 3.99. The molecular formula is C11H14ClIN2O. The molecule has 0 spiro atoms. The Hall–Kier alpha value is 0.0600. The van der Waals surface area contributed by atoms with Crippen LogP contribution in [0.1, 0.15) is 37.4 Å². The summed E-state index contributed by atoms with van der Waals surface area (Å²) in [5.74, 6) is 1.32. The van der Waals surface area contributed by atoms with Crippen LogP contribution in [-0.4, -0.2) is 16.6 Å². The Balaban J connectivity index is 2.30. The van der Waals surface area contributed by atoms with Crippen LogP contribution in [0.15, 0.2) is 0 Å². The number of rotatable bonds is 4. The second-order valence-corrected chi connectivity index (χ2v) is 5.42. The van der Waals surface area contributed by atoms with Gasteiger partial charge in [0.25, 0.3) is 0 Å². The minimum absolute atomic E-state index is 0.0261. The van der Waals surface area contributed by atoms with Gasteiger partial charge in [0.15, 0.2) is 5.82 Å². The van der Waals surface area contributed by atoms with E-state index in [1.807, 2.05) is 13.8 Å². The molecule has 5 heteroatoms. The maximum Gasteiger partial charge on any atom is 0.159 e. The molecule has 0 saturated heterocycles. The van der Waals surface area contributed by atoms with Gasteiger partial charge in [-0.15, -0.1) is 0 Å². The number of halogens is 2. The van der Waals surface area contributed by atoms with Crippen molar-refractivity contribution in [2.24, 2.45) is 5.92 Å². The molecule has 2 rings (SSSR count). The van der Waals surface area contributed by atoms with Gasteiger partial charge in [0.1, 0.15) is 11.3 Å². The highest BCUT2D eigenvalue weighted by Gasteiger charge is 2.35. The number of ether oxygens (including phenoxy) is 1. The van der Waals surface area contributed by atoms with Crippen LogP contribution in [0.3, 0.4) is 0 Å². The highest BCUT2D eigenvalue weighted by Crippen LogP contribution is 2.42. The highest BCUT2D eigenvalue weighted by atomic mass is 127. The van der Waals surface area contributed by atoms with E-state index in [9.17, 15) is 0 Å². The first kappa shape index (κ1) is 12.5. The Morgan fingerprint density at radius 2 is 2.19 bits per heavy atom. The van der Waals surface area contributed by atoms with Crippen LogP contribution in [0.2, 0.25) is 5.15 Å². The molecule has 1 unspecified atom stereocenters. The van der Waals surface area contributed by atoms with Gasteiger partial charge in [-0.3, -0.25) is 0 Å². The fraction of sp³-hybridized carbons (Fsp3) is 0.636. The topological polar surface area (TPSA) is 35.0 Å². The summed E-state index contributed by atoms with van der Waals surface area (Å²) < 4.78 is 6.64. The second kappa shape index (κ2) is 5.14. The van der Waals surface area contributed by atoms with Crippen LogP contribution in [0.25, 0.3) is 0 Å². The van der Waals surface area contributed by atoms with Crippen molar-refractivity contribution >= 4 is 34.2 Å². The van der Waals surface area contributed by atoms with Gasteiger partial charge in [-0.25, -0.2) is 9.97 Å². The number of aromatic nitrogens is 2. The van der Waals surface area contributed by atoms with Gasteiger partial charge in [-0.1, -0.05) is 11.6 Å². The van der Waals surface area contributed by atoms with Gasteiger partial charge in [-0.2, -0.15) is 0 Å². The number of hydrogen-bond donors (Lipinski definition) is 0. The van der Waals surface area contributed by atoms with Gasteiger partial charge in [-0.05, 0) is 55.2 Å². The summed E-state index contributed by atoms with van der Waals surface area (Å²) >= 11 is 8.24. The average Bonchev–Trinajstić information content (AvgIpc) is 3.05. The summed E-state index contributed by atoms with van der Waals surface area (Å²) in [6, 6.07) is 0. The normalized spacial score (nSPS) is 17.5. The van der Waals surface area contributed by atoms with Gasteiger partial charge < -0.3 is 4.74 Å². The molecule has 3 nitrogen and oxygen atoms in total. The van der Waals surface area contributed by atoms with Crippen LogP contribution in [0.4, 0.5) is 0 Å². The first-order valence-corrected chi connectivity index (χ1v) is 6.90. The van der Waals surface area contributed by atoms with E-state index in [0.29, 0.717) is 17.7 Å². The van der Waals surface area contributed by atoms with E-state index in [-0.39, 0.29) is 6.10 Å². The summed E-state index contributed by atoms with van der Waals surface area (Å²) in [6.07, 6.45) is 2.44. The third kappa shape index (κ3) is 2.65. The summed E-state index contributed by atoms with van der Waals surface area (Å²) in [5.41, 5.74) is 0.931. The largest absolute Gasteiger partial charge is 0.370 e. The van der Waals surface area contributed by atoms with Gasteiger partial charge in [0.05, 0.1) is 9.26 Å². The van der Waals surface area contributed by atoms with Crippen molar-refractivity contribution < 1.29 is 4.74 Å². The van der Waals surface area contributed by atoms with Crippen LogP contribution in [-0.2, 0) is 4.74 Å². The van der Waals surface area contributed by atoms with Gasteiger partial charge in [0.2, 0.25) is 0 Å². The van der Waals surface area contributed by atoms with Crippen molar-refractivity contribution in [2.45, 2.75) is 32.8 Å². The van der Waals surface area contributed by atoms with Crippen LogP contribution in [0, 0.1) is 16.4 Å². The summed E-state index contributed by atoms with van der Waals surface area (Å²) in [5, 5.41) is 0.536. The first-order chi connectivity index (χ1) is 7.63. The van der Waals surface area contributed by atoms with E-state index in [1.54, 1.807) is 0 Å². The molecule has 1 aromatic rings. The van der Waals surface area contributed by atoms with Crippen molar-refractivity contribution in [3.05, 3.63) is 20.2 Å². The Kier molecular flexibility index (Phi) is 4.02. The van der Waals surface area contributed by atoms with Crippen molar-refractivity contribution in [3.8, 4) is 0 Å². The lowest BCUT2D eigenvalue weighted by Crippen LogP contribution is -2.12. The minimum atomic E-state index is 0.0261. The van der Waals surface area contributed by atoms with Crippen LogP contribution in [0.5, 0.6) is 0 Å². The average molecular weight is 353 g/mol. The number of nitrogens with zero attached hydrogens (tertiary/aromatic N) is 2. The molecule has 1 fully saturated rings. The predicted molar refractivity (Wildman–Crippen MR) is 71.6 cm³/mol. The molecule has 1 aliphatic rings. The monoisotopic (exact) mass is 352 g/mol. The van der Waals surface area contributed by atoms with Gasteiger partial charge >= 0.3 is 0 Å². The zero-order valence-electron chi connectivity index (χ0n) is 9.33. The minimum Gasteiger partial charge on any atom is -0.370 e. The molecule has 0 aromatic carbocycles. The van der Waals surface area contributed by atoms with E-state index in [2.05, 4.69) is 32.6 Å². The molecule has 0 radical (unpaired) electrons. The molecule has 1 saturated carbocycles. The van der Waals surface area contributed by atoms with Crippen molar-refractivity contribution in [3.63, 3.8) is 0 Å². The maximum atomic E-state index is 6.07. The molecule has 0 bridgehead atoms. The SMILES string of the molecule is CCOC(c1nc(C)c(I)c(Cl)n1)C1CC1. The summed E-state index contributed by atoms with van der Waals surface area (Å²) in [4.78, 5) is 8.82. The number of aryl methyl sites for hydroxylation is 1. The molecule has 0 N–H and O–H groups in total. The molecular weight excluding hydrogens is 338 g/mol. The van der Waals surface area contributed by atoms with Crippen molar-refractivity contribution in [1.82, 2.24) is 9.97 Å². The van der Waals surface area contributed by atoms with Crippen LogP contribution >= 0.6 is 34.2 Å². The maximum absolute atomic E-state index is 6.07. The molecule has 1 heterocycles. The summed E-state index contributed by atoms with van der Waals surface area (Å²) in [7, 11) is 0. The smallest absolute Gasteiger partial charge is 0.159 e. The zero-order valence-corrected chi connectivity index (χ0v) is 12.2. The standard InChI is InChI=1S/C11H14ClIN2O/c1-3-16-9(7-4-5-7)11-14-6(2)8(13)10(12)15-11/h7,9H,3-5H2,1-2H3. The summed E-state index contributed by atoms with van der Waals surface area (Å²) in [6.45, 7) is 4.64. The first-order valence-electron chi connectivity index (χ1n) is 5.44. The van der Waals surface area contributed by atoms with E-state index in [1.165, 1.54) is 12.8 Å². The Labute approximate surface area is 114 Å². The molecule has 16 heavy (non-hydrogen) atoms. The Bertz CT molecular complexity index is 373. The third-order valence-electron chi connectivity index (χ3n) is 2.64. The molecule has 1 aromatic heterocycles. The van der Waals surface area contributed by atoms with Crippen molar-refractivity contribution in [2.75, 3.05) is 6.61 Å². The highest BCUT2D eigenvalue weighted by molar-refractivity contribution is 14.1. The number of hydrogen-bond acceptors (Lipinski definition) is 3. The quantitative estimate of drug-likeness (QED) is 0.614.